The molecule has 15 heavy (non-hydrogen) atoms. The lowest BCUT2D eigenvalue weighted by Gasteiger charge is -2.17. The van der Waals surface area contributed by atoms with Crippen molar-refractivity contribution in [1.29, 1.82) is 0 Å². The second kappa shape index (κ2) is 4.52. The fourth-order valence-corrected chi connectivity index (χ4v) is 2.21. The van der Waals surface area contributed by atoms with Crippen LogP contribution in [0.4, 0.5) is 0 Å². The van der Waals surface area contributed by atoms with Gasteiger partial charge in [-0.1, -0.05) is 0 Å². The van der Waals surface area contributed by atoms with Crippen molar-refractivity contribution in [3.8, 4) is 0 Å². The van der Waals surface area contributed by atoms with Crippen molar-refractivity contribution < 1.29 is 4.79 Å². The Hall–Kier alpha value is -0.570. The van der Waals surface area contributed by atoms with E-state index in [-0.39, 0.29) is 11.9 Å². The van der Waals surface area contributed by atoms with Crippen LogP contribution < -0.4 is 10.6 Å². The molecule has 1 amide bonds. The van der Waals surface area contributed by atoms with Crippen LogP contribution in [0.25, 0.3) is 0 Å². The van der Waals surface area contributed by atoms with Gasteiger partial charge >= 0.3 is 0 Å². The quantitative estimate of drug-likeness (QED) is 0.693. The summed E-state index contributed by atoms with van der Waals surface area (Å²) < 4.78 is 0. The molecule has 2 rings (SSSR count). The smallest absolute Gasteiger partial charge is 0.234 e. The Morgan fingerprint density at radius 2 is 1.73 bits per heavy atom. The first-order valence-corrected chi connectivity index (χ1v) is 6.19. The van der Waals surface area contributed by atoms with Crippen LogP contribution in [0, 0.1) is 11.8 Å². The molecule has 86 valence electrons. The first-order chi connectivity index (χ1) is 7.16. The predicted molar refractivity (Wildman–Crippen MR) is 60.5 cm³/mol. The summed E-state index contributed by atoms with van der Waals surface area (Å²) in [5, 5.41) is 6.35. The lowest BCUT2D eigenvalue weighted by atomic mass is 10.1. The molecule has 0 heterocycles. The van der Waals surface area contributed by atoms with Crippen LogP contribution in [-0.2, 0) is 4.79 Å². The Balaban J connectivity index is 1.68. The van der Waals surface area contributed by atoms with E-state index in [2.05, 4.69) is 10.6 Å². The Morgan fingerprint density at radius 1 is 1.20 bits per heavy atom. The SMILES string of the molecule is CC(C)NC(=O)CNC(C1CC1)C1CC1. The van der Waals surface area contributed by atoms with Crippen LogP contribution in [0.15, 0.2) is 0 Å². The van der Waals surface area contributed by atoms with E-state index in [1.54, 1.807) is 0 Å². The molecule has 0 unspecified atom stereocenters. The molecule has 0 saturated heterocycles. The number of carbonyl (C=O) groups is 1. The number of hydrogen-bond donors (Lipinski definition) is 2. The van der Waals surface area contributed by atoms with E-state index in [1.807, 2.05) is 13.8 Å². The van der Waals surface area contributed by atoms with E-state index in [9.17, 15) is 4.79 Å². The second-order valence-electron chi connectivity index (χ2n) is 5.30. The lowest BCUT2D eigenvalue weighted by Crippen LogP contribution is -2.43. The third-order valence-corrected chi connectivity index (χ3v) is 3.21. The second-order valence-corrected chi connectivity index (χ2v) is 5.30. The summed E-state index contributed by atoms with van der Waals surface area (Å²) >= 11 is 0. The molecule has 2 N–H and O–H groups in total. The lowest BCUT2D eigenvalue weighted by molar-refractivity contribution is -0.120. The fraction of sp³-hybridized carbons (Fsp3) is 0.917. The minimum atomic E-state index is 0.135. The fourth-order valence-electron chi connectivity index (χ4n) is 2.21. The molecule has 3 nitrogen and oxygen atoms in total. The first-order valence-electron chi connectivity index (χ1n) is 6.19. The van der Waals surface area contributed by atoms with E-state index >= 15 is 0 Å². The van der Waals surface area contributed by atoms with E-state index in [4.69, 9.17) is 0 Å². The van der Waals surface area contributed by atoms with Crippen molar-refractivity contribution in [3.63, 3.8) is 0 Å². The van der Waals surface area contributed by atoms with Crippen LogP contribution in [0.1, 0.15) is 39.5 Å². The highest BCUT2D eigenvalue weighted by Crippen LogP contribution is 2.44. The molecule has 3 heteroatoms. The van der Waals surface area contributed by atoms with Crippen molar-refractivity contribution in [2.75, 3.05) is 6.54 Å². The molecule has 0 spiro atoms. The summed E-state index contributed by atoms with van der Waals surface area (Å²) in [5.41, 5.74) is 0. The molecule has 0 bridgehead atoms. The highest BCUT2D eigenvalue weighted by Gasteiger charge is 2.41. The van der Waals surface area contributed by atoms with Gasteiger partial charge in [0.1, 0.15) is 0 Å². The van der Waals surface area contributed by atoms with Crippen molar-refractivity contribution >= 4 is 5.91 Å². The molecule has 0 atom stereocenters. The summed E-state index contributed by atoms with van der Waals surface area (Å²) in [6.45, 7) is 4.49. The zero-order valence-corrected chi connectivity index (χ0v) is 9.75. The third-order valence-electron chi connectivity index (χ3n) is 3.21. The Labute approximate surface area is 92.0 Å². The van der Waals surface area contributed by atoms with Gasteiger partial charge < -0.3 is 10.6 Å². The highest BCUT2D eigenvalue weighted by atomic mass is 16.1. The highest BCUT2D eigenvalue weighted by molar-refractivity contribution is 5.78. The number of hydrogen-bond acceptors (Lipinski definition) is 2. The molecule has 2 aliphatic rings. The normalized spacial score (nSPS) is 21.1. The van der Waals surface area contributed by atoms with Gasteiger partial charge in [0.25, 0.3) is 0 Å². The topological polar surface area (TPSA) is 41.1 Å². The van der Waals surface area contributed by atoms with Crippen LogP contribution in [0.3, 0.4) is 0 Å². The predicted octanol–water partition coefficient (Wildman–Crippen LogP) is 1.29. The van der Waals surface area contributed by atoms with Gasteiger partial charge in [-0.3, -0.25) is 4.79 Å². The van der Waals surface area contributed by atoms with Gasteiger partial charge in [0.05, 0.1) is 6.54 Å². The maximum absolute atomic E-state index is 11.5. The molecule has 0 aromatic carbocycles. The maximum atomic E-state index is 11.5. The number of nitrogens with one attached hydrogen (secondary N) is 2. The molecular weight excluding hydrogens is 188 g/mol. The molecule has 0 aliphatic heterocycles. The summed E-state index contributed by atoms with van der Waals surface area (Å²) in [6.07, 6.45) is 5.44. The molecule has 0 aromatic heterocycles. The zero-order chi connectivity index (χ0) is 10.8. The minimum absolute atomic E-state index is 0.135. The van der Waals surface area contributed by atoms with Gasteiger partial charge in [0, 0.05) is 12.1 Å². The first kappa shape index (κ1) is 10.9. The Morgan fingerprint density at radius 3 is 2.13 bits per heavy atom. The average molecular weight is 210 g/mol. The third kappa shape index (κ3) is 3.49. The van der Waals surface area contributed by atoms with Crippen molar-refractivity contribution in [2.24, 2.45) is 11.8 Å². The summed E-state index contributed by atoms with van der Waals surface area (Å²) in [5.74, 6) is 1.87. The zero-order valence-electron chi connectivity index (χ0n) is 9.75. The molecule has 2 fully saturated rings. The van der Waals surface area contributed by atoms with Gasteiger partial charge in [-0.15, -0.1) is 0 Å². The van der Waals surface area contributed by atoms with Gasteiger partial charge in [0.15, 0.2) is 0 Å². The van der Waals surface area contributed by atoms with Crippen LogP contribution in [0.5, 0.6) is 0 Å². The molecule has 2 aliphatic carbocycles. The molecule has 0 radical (unpaired) electrons. The van der Waals surface area contributed by atoms with Gasteiger partial charge in [0.2, 0.25) is 5.91 Å². The van der Waals surface area contributed by atoms with Crippen LogP contribution in [0.2, 0.25) is 0 Å². The molecule has 2 saturated carbocycles. The van der Waals surface area contributed by atoms with Crippen LogP contribution >= 0.6 is 0 Å². The number of carbonyl (C=O) groups excluding carboxylic acids is 1. The number of rotatable bonds is 6. The van der Waals surface area contributed by atoms with Gasteiger partial charge in [-0.25, -0.2) is 0 Å². The Kier molecular flexibility index (Phi) is 3.29. The van der Waals surface area contributed by atoms with E-state index < -0.39 is 0 Å². The molecule has 0 aromatic rings. The Bertz CT molecular complexity index is 220. The average Bonchev–Trinajstić information content (AvgIpc) is 2.99. The van der Waals surface area contributed by atoms with Crippen molar-refractivity contribution in [2.45, 2.75) is 51.6 Å². The van der Waals surface area contributed by atoms with Gasteiger partial charge in [-0.05, 0) is 51.4 Å². The minimum Gasteiger partial charge on any atom is -0.353 e. The van der Waals surface area contributed by atoms with E-state index in [0.29, 0.717) is 12.6 Å². The monoisotopic (exact) mass is 210 g/mol. The van der Waals surface area contributed by atoms with Crippen molar-refractivity contribution in [1.82, 2.24) is 10.6 Å². The molecular formula is C12H22N2O. The van der Waals surface area contributed by atoms with Crippen LogP contribution in [-0.4, -0.2) is 24.5 Å². The largest absolute Gasteiger partial charge is 0.353 e. The summed E-state index contributed by atoms with van der Waals surface area (Å²) in [4.78, 5) is 11.5. The number of amides is 1. The summed E-state index contributed by atoms with van der Waals surface area (Å²) in [7, 11) is 0. The van der Waals surface area contributed by atoms with E-state index in [1.165, 1.54) is 25.7 Å². The van der Waals surface area contributed by atoms with E-state index in [0.717, 1.165) is 11.8 Å². The van der Waals surface area contributed by atoms with Crippen molar-refractivity contribution in [3.05, 3.63) is 0 Å². The maximum Gasteiger partial charge on any atom is 0.234 e. The summed E-state index contributed by atoms with van der Waals surface area (Å²) in [6, 6.07) is 0.877. The van der Waals surface area contributed by atoms with Gasteiger partial charge in [-0.2, -0.15) is 0 Å². The standard InChI is InChI=1S/C12H22N2O/c1-8(2)14-11(15)7-13-12(9-3-4-9)10-5-6-10/h8-10,12-13H,3-7H2,1-2H3,(H,14,15).